The molecule has 0 aromatic heterocycles. The minimum absolute atomic E-state index is 0.0527. The number of hydrogen-bond acceptors (Lipinski definition) is 4. The molecule has 0 aromatic carbocycles. The van der Waals surface area contributed by atoms with E-state index in [1.807, 2.05) is 13.8 Å². The van der Waals surface area contributed by atoms with Crippen molar-refractivity contribution in [3.63, 3.8) is 0 Å². The average molecular weight is 256 g/mol. The first-order valence-corrected chi connectivity index (χ1v) is 6.62. The molecule has 0 aromatic rings. The van der Waals surface area contributed by atoms with Crippen LogP contribution in [0.3, 0.4) is 0 Å². The predicted molar refractivity (Wildman–Crippen MR) is 69.0 cm³/mol. The minimum Gasteiger partial charge on any atom is -0.464 e. The van der Waals surface area contributed by atoms with Gasteiger partial charge < -0.3 is 15.4 Å². The number of rotatable bonds is 5. The number of esters is 1. The lowest BCUT2D eigenvalue weighted by Crippen LogP contribution is -2.51. The van der Waals surface area contributed by atoms with E-state index in [2.05, 4.69) is 10.6 Å². The summed E-state index contributed by atoms with van der Waals surface area (Å²) in [4.78, 5) is 23.9. The van der Waals surface area contributed by atoms with Crippen molar-refractivity contribution in [2.75, 3.05) is 19.7 Å². The third-order valence-electron chi connectivity index (χ3n) is 3.73. The molecule has 1 aliphatic heterocycles. The van der Waals surface area contributed by atoms with Gasteiger partial charge >= 0.3 is 5.97 Å². The summed E-state index contributed by atoms with van der Waals surface area (Å²) >= 11 is 0. The maximum absolute atomic E-state index is 12.4. The zero-order valence-electron chi connectivity index (χ0n) is 11.7. The summed E-state index contributed by atoms with van der Waals surface area (Å²) in [6.45, 7) is 9.35. The first kappa shape index (κ1) is 15.0. The molecule has 2 unspecified atom stereocenters. The highest BCUT2D eigenvalue weighted by Crippen LogP contribution is 2.34. The Bertz CT molecular complexity index is 309. The van der Waals surface area contributed by atoms with Gasteiger partial charge in [-0.25, -0.2) is 4.79 Å². The van der Waals surface area contributed by atoms with E-state index in [4.69, 9.17) is 4.74 Å². The standard InChI is InChI=1S/C13H24N2O3/c1-5-18-11(16)10(4)15-12(17)13(9(2)3)6-7-14-8-13/h9-10,14H,5-8H2,1-4H3,(H,15,17). The van der Waals surface area contributed by atoms with Crippen LogP contribution in [0.4, 0.5) is 0 Å². The van der Waals surface area contributed by atoms with E-state index in [-0.39, 0.29) is 17.8 Å². The van der Waals surface area contributed by atoms with Crippen molar-refractivity contribution >= 4 is 11.9 Å². The van der Waals surface area contributed by atoms with Gasteiger partial charge in [-0.05, 0) is 32.7 Å². The van der Waals surface area contributed by atoms with Crippen molar-refractivity contribution in [1.29, 1.82) is 0 Å². The van der Waals surface area contributed by atoms with Crippen LogP contribution in [0, 0.1) is 11.3 Å². The van der Waals surface area contributed by atoms with Gasteiger partial charge in [0.15, 0.2) is 0 Å². The third kappa shape index (κ3) is 3.02. The fraction of sp³-hybridized carbons (Fsp3) is 0.846. The van der Waals surface area contributed by atoms with Crippen molar-refractivity contribution < 1.29 is 14.3 Å². The zero-order valence-corrected chi connectivity index (χ0v) is 11.7. The van der Waals surface area contributed by atoms with Gasteiger partial charge in [-0.2, -0.15) is 0 Å². The third-order valence-corrected chi connectivity index (χ3v) is 3.73. The molecule has 0 saturated carbocycles. The molecule has 2 atom stereocenters. The van der Waals surface area contributed by atoms with Crippen molar-refractivity contribution in [3.8, 4) is 0 Å². The highest BCUT2D eigenvalue weighted by Gasteiger charge is 2.44. The van der Waals surface area contributed by atoms with Crippen molar-refractivity contribution in [2.24, 2.45) is 11.3 Å². The molecule has 1 fully saturated rings. The maximum atomic E-state index is 12.4. The molecule has 104 valence electrons. The molecule has 1 aliphatic rings. The highest BCUT2D eigenvalue weighted by molar-refractivity contribution is 5.88. The van der Waals surface area contributed by atoms with E-state index in [9.17, 15) is 9.59 Å². The van der Waals surface area contributed by atoms with Crippen LogP contribution in [-0.2, 0) is 14.3 Å². The molecule has 0 spiro atoms. The van der Waals surface area contributed by atoms with Crippen LogP contribution in [0.15, 0.2) is 0 Å². The van der Waals surface area contributed by atoms with Gasteiger partial charge in [-0.3, -0.25) is 4.79 Å². The Morgan fingerprint density at radius 2 is 2.06 bits per heavy atom. The molecule has 0 aliphatic carbocycles. The minimum atomic E-state index is -0.589. The van der Waals surface area contributed by atoms with Crippen LogP contribution < -0.4 is 10.6 Å². The monoisotopic (exact) mass is 256 g/mol. The van der Waals surface area contributed by atoms with Gasteiger partial charge in [0.05, 0.1) is 12.0 Å². The quantitative estimate of drug-likeness (QED) is 0.710. The lowest BCUT2D eigenvalue weighted by atomic mass is 9.75. The Morgan fingerprint density at radius 1 is 1.39 bits per heavy atom. The molecule has 1 saturated heterocycles. The van der Waals surface area contributed by atoms with Gasteiger partial charge in [-0.1, -0.05) is 13.8 Å². The molecular weight excluding hydrogens is 232 g/mol. The van der Waals surface area contributed by atoms with Gasteiger partial charge in [0, 0.05) is 6.54 Å². The number of nitrogens with one attached hydrogen (secondary N) is 2. The summed E-state index contributed by atoms with van der Waals surface area (Å²) in [6, 6.07) is -0.589. The van der Waals surface area contributed by atoms with Gasteiger partial charge in [-0.15, -0.1) is 0 Å². The Hall–Kier alpha value is -1.10. The Labute approximate surface area is 109 Å². The molecule has 1 amide bonds. The second-order valence-corrected chi connectivity index (χ2v) is 5.18. The normalized spacial score (nSPS) is 24.9. The number of carbonyl (C=O) groups excluding carboxylic acids is 2. The van der Waals surface area contributed by atoms with E-state index in [0.717, 1.165) is 13.0 Å². The summed E-state index contributed by atoms with van der Waals surface area (Å²) in [5.74, 6) is -0.194. The van der Waals surface area contributed by atoms with Crippen molar-refractivity contribution in [2.45, 2.75) is 40.2 Å². The largest absolute Gasteiger partial charge is 0.464 e. The summed E-state index contributed by atoms with van der Waals surface area (Å²) in [5.41, 5.74) is -0.402. The summed E-state index contributed by atoms with van der Waals surface area (Å²) in [6.07, 6.45) is 0.812. The Kier molecular flexibility index (Phi) is 5.14. The average Bonchev–Trinajstić information content (AvgIpc) is 2.79. The molecule has 5 nitrogen and oxygen atoms in total. The fourth-order valence-corrected chi connectivity index (χ4v) is 2.33. The smallest absolute Gasteiger partial charge is 0.328 e. The number of ether oxygens (including phenoxy) is 1. The second-order valence-electron chi connectivity index (χ2n) is 5.18. The SMILES string of the molecule is CCOC(=O)C(C)NC(=O)C1(C(C)C)CCNC1. The number of amides is 1. The lowest BCUT2D eigenvalue weighted by Gasteiger charge is -2.32. The first-order chi connectivity index (χ1) is 8.44. The van der Waals surface area contributed by atoms with Crippen LogP contribution in [0.2, 0.25) is 0 Å². The Balaban J connectivity index is 2.66. The van der Waals surface area contributed by atoms with Crippen LogP contribution >= 0.6 is 0 Å². The number of carbonyl (C=O) groups is 2. The van der Waals surface area contributed by atoms with E-state index < -0.39 is 11.5 Å². The highest BCUT2D eigenvalue weighted by atomic mass is 16.5. The predicted octanol–water partition coefficient (Wildman–Crippen LogP) is 0.690. The van der Waals surface area contributed by atoms with Crippen LogP contribution in [0.1, 0.15) is 34.1 Å². The summed E-state index contributed by atoms with van der Waals surface area (Å²) < 4.78 is 4.89. The van der Waals surface area contributed by atoms with E-state index in [0.29, 0.717) is 13.2 Å². The van der Waals surface area contributed by atoms with Crippen molar-refractivity contribution in [1.82, 2.24) is 10.6 Å². The molecule has 18 heavy (non-hydrogen) atoms. The van der Waals surface area contributed by atoms with E-state index in [1.165, 1.54) is 0 Å². The van der Waals surface area contributed by atoms with Gasteiger partial charge in [0.2, 0.25) is 5.91 Å². The molecule has 5 heteroatoms. The molecule has 1 rings (SSSR count). The molecule has 0 radical (unpaired) electrons. The summed E-state index contributed by atoms with van der Waals surface area (Å²) in [5, 5.41) is 6.00. The van der Waals surface area contributed by atoms with Crippen LogP contribution in [0.25, 0.3) is 0 Å². The van der Waals surface area contributed by atoms with Gasteiger partial charge in [0.25, 0.3) is 0 Å². The molecule has 1 heterocycles. The maximum Gasteiger partial charge on any atom is 0.328 e. The Morgan fingerprint density at radius 3 is 2.50 bits per heavy atom. The van der Waals surface area contributed by atoms with Crippen LogP contribution in [-0.4, -0.2) is 37.6 Å². The lowest BCUT2D eigenvalue weighted by molar-refractivity contribution is -0.148. The second kappa shape index (κ2) is 6.18. The molecular formula is C13H24N2O3. The molecule has 2 N–H and O–H groups in total. The fourth-order valence-electron chi connectivity index (χ4n) is 2.33. The topological polar surface area (TPSA) is 67.4 Å². The van der Waals surface area contributed by atoms with Crippen LogP contribution in [0.5, 0.6) is 0 Å². The summed E-state index contributed by atoms with van der Waals surface area (Å²) in [7, 11) is 0. The zero-order chi connectivity index (χ0) is 13.8. The van der Waals surface area contributed by atoms with E-state index >= 15 is 0 Å². The first-order valence-electron chi connectivity index (χ1n) is 6.62. The van der Waals surface area contributed by atoms with E-state index in [1.54, 1.807) is 13.8 Å². The van der Waals surface area contributed by atoms with Gasteiger partial charge in [0.1, 0.15) is 6.04 Å². The van der Waals surface area contributed by atoms with Crippen molar-refractivity contribution in [3.05, 3.63) is 0 Å². The number of hydrogen-bond donors (Lipinski definition) is 2. The molecule has 0 bridgehead atoms.